The molecule has 0 radical (unpaired) electrons. The molecule has 106 valence electrons. The van der Waals surface area contributed by atoms with Gasteiger partial charge in [0.05, 0.1) is 0 Å². The zero-order chi connectivity index (χ0) is 14.4. The first-order valence-electron chi connectivity index (χ1n) is 7.58. The van der Waals surface area contributed by atoms with Crippen molar-refractivity contribution in [3.63, 3.8) is 0 Å². The molecule has 0 aromatic heterocycles. The van der Waals surface area contributed by atoms with Crippen LogP contribution in [0, 0.1) is 0 Å². The van der Waals surface area contributed by atoms with Gasteiger partial charge in [0.2, 0.25) is 0 Å². The molecule has 0 saturated heterocycles. The summed E-state index contributed by atoms with van der Waals surface area (Å²) in [7, 11) is 0. The molecule has 0 saturated carbocycles. The monoisotopic (exact) mass is 267 g/mol. The van der Waals surface area contributed by atoms with Crippen LogP contribution in [0.4, 0.5) is 0 Å². The second kappa shape index (κ2) is 7.25. The highest BCUT2D eigenvalue weighted by atomic mass is 14.9. The second-order valence-electron chi connectivity index (χ2n) is 5.62. The summed E-state index contributed by atoms with van der Waals surface area (Å²) in [5.74, 6) is 0.593. The Morgan fingerprint density at radius 1 is 0.850 bits per heavy atom. The molecule has 0 fully saturated rings. The lowest BCUT2D eigenvalue weighted by molar-refractivity contribution is 0.549. The van der Waals surface area contributed by atoms with Gasteiger partial charge in [0.15, 0.2) is 0 Å². The van der Waals surface area contributed by atoms with Gasteiger partial charge < -0.3 is 5.32 Å². The maximum absolute atomic E-state index is 3.60. The Labute approximate surface area is 123 Å². The molecule has 2 rings (SSSR count). The van der Waals surface area contributed by atoms with E-state index in [1.165, 1.54) is 16.7 Å². The first kappa shape index (κ1) is 14.8. The average Bonchev–Trinajstić information content (AvgIpc) is 2.48. The molecule has 0 heterocycles. The summed E-state index contributed by atoms with van der Waals surface area (Å²) in [5.41, 5.74) is 4.16. The Kier molecular flexibility index (Phi) is 5.37. The van der Waals surface area contributed by atoms with E-state index >= 15 is 0 Å². The fraction of sp³-hybridized carbons (Fsp3) is 0.368. The van der Waals surface area contributed by atoms with Crippen LogP contribution < -0.4 is 5.32 Å². The highest BCUT2D eigenvalue weighted by Gasteiger charge is 2.11. The number of likely N-dealkylation sites (N-methyl/N-ethyl adjacent to an activating group) is 1. The molecule has 0 amide bonds. The third-order valence-electron chi connectivity index (χ3n) is 3.74. The van der Waals surface area contributed by atoms with Crippen molar-refractivity contribution in [3.8, 4) is 0 Å². The molecule has 0 aliphatic rings. The lowest BCUT2D eigenvalue weighted by Gasteiger charge is -2.19. The van der Waals surface area contributed by atoms with Gasteiger partial charge in [-0.2, -0.15) is 0 Å². The number of nitrogens with one attached hydrogen (secondary N) is 1. The first-order chi connectivity index (χ1) is 9.70. The van der Waals surface area contributed by atoms with Gasteiger partial charge in [-0.1, -0.05) is 75.4 Å². The molecule has 20 heavy (non-hydrogen) atoms. The molecule has 1 nitrogen and oxygen atoms in total. The maximum Gasteiger partial charge on any atom is 0.0360 e. The maximum atomic E-state index is 3.60. The fourth-order valence-corrected chi connectivity index (χ4v) is 2.52. The zero-order valence-corrected chi connectivity index (χ0v) is 12.8. The SMILES string of the molecule is CCNC(Cc1ccccc1)c1ccc(C(C)C)cc1. The van der Waals surface area contributed by atoms with E-state index in [9.17, 15) is 0 Å². The normalized spacial score (nSPS) is 12.6. The highest BCUT2D eigenvalue weighted by Crippen LogP contribution is 2.21. The molecule has 2 aromatic carbocycles. The number of benzene rings is 2. The van der Waals surface area contributed by atoms with Crippen LogP contribution in [-0.2, 0) is 6.42 Å². The number of rotatable bonds is 6. The smallest absolute Gasteiger partial charge is 0.0360 e. The van der Waals surface area contributed by atoms with Crippen LogP contribution in [0.1, 0.15) is 49.4 Å². The van der Waals surface area contributed by atoms with Crippen LogP contribution in [0.2, 0.25) is 0 Å². The van der Waals surface area contributed by atoms with Gasteiger partial charge in [0.25, 0.3) is 0 Å². The molecule has 1 unspecified atom stereocenters. The Hall–Kier alpha value is -1.60. The van der Waals surface area contributed by atoms with E-state index in [2.05, 4.69) is 80.7 Å². The third kappa shape index (κ3) is 3.94. The Balaban J connectivity index is 2.15. The van der Waals surface area contributed by atoms with Gasteiger partial charge in [0.1, 0.15) is 0 Å². The van der Waals surface area contributed by atoms with Gasteiger partial charge in [-0.05, 0) is 35.6 Å². The summed E-state index contributed by atoms with van der Waals surface area (Å²) in [6.45, 7) is 7.63. The largest absolute Gasteiger partial charge is 0.310 e. The second-order valence-corrected chi connectivity index (χ2v) is 5.62. The van der Waals surface area contributed by atoms with Gasteiger partial charge >= 0.3 is 0 Å². The van der Waals surface area contributed by atoms with Crippen LogP contribution >= 0.6 is 0 Å². The molecule has 1 atom stereocenters. The standard InChI is InChI=1S/C19H25N/c1-4-20-19(14-16-8-6-5-7-9-16)18-12-10-17(11-13-18)15(2)3/h5-13,15,19-20H,4,14H2,1-3H3. The van der Waals surface area contributed by atoms with Crippen molar-refractivity contribution in [1.82, 2.24) is 5.32 Å². The summed E-state index contributed by atoms with van der Waals surface area (Å²) in [6.07, 6.45) is 1.04. The Bertz CT molecular complexity index is 499. The van der Waals surface area contributed by atoms with E-state index in [-0.39, 0.29) is 0 Å². The van der Waals surface area contributed by atoms with Crippen molar-refractivity contribution >= 4 is 0 Å². The van der Waals surface area contributed by atoms with Gasteiger partial charge in [-0.25, -0.2) is 0 Å². The lowest BCUT2D eigenvalue weighted by Crippen LogP contribution is -2.22. The minimum Gasteiger partial charge on any atom is -0.310 e. The van der Waals surface area contributed by atoms with Crippen LogP contribution in [0.5, 0.6) is 0 Å². The van der Waals surface area contributed by atoms with Crippen molar-refractivity contribution in [1.29, 1.82) is 0 Å². The van der Waals surface area contributed by atoms with Crippen molar-refractivity contribution in [2.75, 3.05) is 6.54 Å². The molecule has 2 aromatic rings. The van der Waals surface area contributed by atoms with E-state index < -0.39 is 0 Å². The summed E-state index contributed by atoms with van der Waals surface area (Å²) < 4.78 is 0. The third-order valence-corrected chi connectivity index (χ3v) is 3.74. The van der Waals surface area contributed by atoms with E-state index in [1.54, 1.807) is 0 Å². The van der Waals surface area contributed by atoms with E-state index in [0.29, 0.717) is 12.0 Å². The molecule has 1 heteroatoms. The highest BCUT2D eigenvalue weighted by molar-refractivity contribution is 5.28. The van der Waals surface area contributed by atoms with Crippen LogP contribution in [0.25, 0.3) is 0 Å². The summed E-state index contributed by atoms with van der Waals surface area (Å²) in [5, 5.41) is 3.60. The number of hydrogen-bond donors (Lipinski definition) is 1. The predicted octanol–water partition coefficient (Wildman–Crippen LogP) is 4.70. The first-order valence-corrected chi connectivity index (χ1v) is 7.58. The Morgan fingerprint density at radius 3 is 2.00 bits per heavy atom. The lowest BCUT2D eigenvalue weighted by atomic mass is 9.95. The summed E-state index contributed by atoms with van der Waals surface area (Å²) in [4.78, 5) is 0. The van der Waals surface area contributed by atoms with Crippen LogP contribution in [0.15, 0.2) is 54.6 Å². The Morgan fingerprint density at radius 2 is 1.45 bits per heavy atom. The van der Waals surface area contributed by atoms with Gasteiger partial charge in [0, 0.05) is 6.04 Å². The summed E-state index contributed by atoms with van der Waals surface area (Å²) >= 11 is 0. The minimum absolute atomic E-state index is 0.392. The quantitative estimate of drug-likeness (QED) is 0.799. The topological polar surface area (TPSA) is 12.0 Å². The molecule has 0 bridgehead atoms. The zero-order valence-electron chi connectivity index (χ0n) is 12.8. The van der Waals surface area contributed by atoms with Crippen LogP contribution in [0.3, 0.4) is 0 Å². The van der Waals surface area contributed by atoms with Crippen molar-refractivity contribution in [2.45, 2.75) is 39.2 Å². The molecule has 0 aliphatic heterocycles. The average molecular weight is 267 g/mol. The molecular weight excluding hydrogens is 242 g/mol. The van der Waals surface area contributed by atoms with E-state index in [0.717, 1.165) is 13.0 Å². The fourth-order valence-electron chi connectivity index (χ4n) is 2.52. The van der Waals surface area contributed by atoms with Crippen molar-refractivity contribution in [3.05, 3.63) is 71.3 Å². The van der Waals surface area contributed by atoms with E-state index in [1.807, 2.05) is 0 Å². The molecule has 1 N–H and O–H groups in total. The molecular formula is C19H25N. The summed E-state index contributed by atoms with van der Waals surface area (Å²) in [6, 6.07) is 20.1. The van der Waals surface area contributed by atoms with Gasteiger partial charge in [-0.3, -0.25) is 0 Å². The van der Waals surface area contributed by atoms with Crippen molar-refractivity contribution < 1.29 is 0 Å². The van der Waals surface area contributed by atoms with Crippen LogP contribution in [-0.4, -0.2) is 6.54 Å². The van der Waals surface area contributed by atoms with Gasteiger partial charge in [-0.15, -0.1) is 0 Å². The van der Waals surface area contributed by atoms with E-state index in [4.69, 9.17) is 0 Å². The molecule has 0 aliphatic carbocycles. The minimum atomic E-state index is 0.392. The van der Waals surface area contributed by atoms with Crippen molar-refractivity contribution in [2.24, 2.45) is 0 Å². The molecule has 0 spiro atoms. The predicted molar refractivity (Wildman–Crippen MR) is 87.1 cm³/mol. The number of hydrogen-bond acceptors (Lipinski definition) is 1.